The number of alkyl halides is 3. The number of fused-ring (bicyclic) bond motifs is 1. The van der Waals surface area contributed by atoms with Crippen LogP contribution in [0.25, 0.3) is 0 Å². The number of carbonyl (C=O) groups is 2. The first-order valence-electron chi connectivity index (χ1n) is 14.0. The number of aliphatic carboxylic acids is 1. The zero-order chi connectivity index (χ0) is 30.0. The Kier molecular flexibility index (Phi) is 11.5. The first kappa shape index (κ1) is 32.3. The van der Waals surface area contributed by atoms with Crippen molar-refractivity contribution in [2.24, 2.45) is 0 Å². The number of aryl methyl sites for hydroxylation is 2. The largest absolute Gasteiger partial charge is 0.480 e. The van der Waals surface area contributed by atoms with Crippen LogP contribution in [0.3, 0.4) is 0 Å². The maximum absolute atomic E-state index is 13.3. The van der Waals surface area contributed by atoms with Crippen LogP contribution in [0, 0.1) is 0 Å². The molecule has 9 nitrogen and oxygen atoms in total. The summed E-state index contributed by atoms with van der Waals surface area (Å²) in [6.07, 6.45) is 1.49. The Morgan fingerprint density at radius 1 is 1.15 bits per heavy atom. The number of hydrogen-bond donors (Lipinski definition) is 3. The van der Waals surface area contributed by atoms with Crippen molar-refractivity contribution in [1.29, 1.82) is 0 Å². The molecular formula is C29H40F3N5O4. The lowest BCUT2D eigenvalue weighted by Gasteiger charge is -2.27. The summed E-state index contributed by atoms with van der Waals surface area (Å²) in [6.45, 7) is 8.72. The van der Waals surface area contributed by atoms with Crippen molar-refractivity contribution in [3.63, 3.8) is 0 Å². The second-order valence-corrected chi connectivity index (χ2v) is 11.2. The molecule has 0 aliphatic carbocycles. The van der Waals surface area contributed by atoms with E-state index in [0.29, 0.717) is 32.4 Å². The summed E-state index contributed by atoms with van der Waals surface area (Å²) >= 11 is 0. The van der Waals surface area contributed by atoms with Crippen LogP contribution in [0.5, 0.6) is 0 Å². The Morgan fingerprint density at radius 3 is 2.63 bits per heavy atom. The molecule has 1 amide bonds. The lowest BCUT2D eigenvalue weighted by molar-refractivity contribution is -0.139. The molecule has 226 valence electrons. The average molecular weight is 580 g/mol. The number of carboxylic acids is 1. The molecule has 0 saturated carbocycles. The molecule has 2 aromatic rings. The lowest BCUT2D eigenvalue weighted by Crippen LogP contribution is -2.44. The normalized spacial score (nSPS) is 14.3. The second kappa shape index (κ2) is 14.6. The highest BCUT2D eigenvalue weighted by atomic mass is 19.4. The minimum atomic E-state index is -4.80. The molecule has 41 heavy (non-hydrogen) atoms. The minimum Gasteiger partial charge on any atom is -0.480 e. The van der Waals surface area contributed by atoms with E-state index in [2.05, 4.69) is 32.7 Å². The molecule has 2 aromatic heterocycles. The predicted molar refractivity (Wildman–Crippen MR) is 149 cm³/mol. The Balaban J connectivity index is 1.57. The smallest absolute Gasteiger partial charge is 0.418 e. The van der Waals surface area contributed by atoms with Gasteiger partial charge >= 0.3 is 12.1 Å². The van der Waals surface area contributed by atoms with E-state index < -0.39 is 35.2 Å². The van der Waals surface area contributed by atoms with Gasteiger partial charge in [0.05, 0.1) is 23.3 Å². The second-order valence-electron chi connectivity index (χ2n) is 11.2. The topological polar surface area (TPSA) is 117 Å². The number of nitrogens with zero attached hydrogens (tertiary/aromatic N) is 3. The number of halogens is 3. The van der Waals surface area contributed by atoms with Crippen LogP contribution in [-0.4, -0.2) is 76.3 Å². The third kappa shape index (κ3) is 10.6. The molecular weight excluding hydrogens is 539 g/mol. The quantitative estimate of drug-likeness (QED) is 0.279. The van der Waals surface area contributed by atoms with Crippen molar-refractivity contribution < 1.29 is 32.6 Å². The summed E-state index contributed by atoms with van der Waals surface area (Å²) < 4.78 is 45.8. The molecule has 0 radical (unpaired) electrons. The highest BCUT2D eigenvalue weighted by molar-refractivity contribution is 5.97. The van der Waals surface area contributed by atoms with E-state index in [0.717, 1.165) is 62.4 Å². The Labute approximate surface area is 238 Å². The van der Waals surface area contributed by atoms with Crippen molar-refractivity contribution in [1.82, 2.24) is 20.2 Å². The van der Waals surface area contributed by atoms with E-state index in [9.17, 15) is 27.9 Å². The fourth-order valence-electron chi connectivity index (χ4n) is 4.59. The van der Waals surface area contributed by atoms with E-state index in [1.165, 1.54) is 5.56 Å². The van der Waals surface area contributed by atoms with Gasteiger partial charge in [0.1, 0.15) is 11.9 Å². The number of aromatic nitrogens is 2. The molecule has 3 rings (SSSR count). The van der Waals surface area contributed by atoms with E-state index >= 15 is 0 Å². The number of pyridine rings is 2. The molecule has 0 aromatic carbocycles. The first-order chi connectivity index (χ1) is 19.3. The van der Waals surface area contributed by atoms with Gasteiger partial charge in [-0.2, -0.15) is 13.2 Å². The summed E-state index contributed by atoms with van der Waals surface area (Å²) in [4.78, 5) is 34.8. The van der Waals surface area contributed by atoms with Gasteiger partial charge in [0.15, 0.2) is 0 Å². The van der Waals surface area contributed by atoms with E-state index in [-0.39, 0.29) is 12.0 Å². The summed E-state index contributed by atoms with van der Waals surface area (Å²) in [7, 11) is 0. The molecule has 12 heteroatoms. The Morgan fingerprint density at radius 2 is 1.93 bits per heavy atom. The molecule has 0 fully saturated rings. The van der Waals surface area contributed by atoms with Gasteiger partial charge in [0.25, 0.3) is 5.91 Å². The Bertz CT molecular complexity index is 1170. The number of hydrogen-bond acceptors (Lipinski definition) is 7. The first-order valence-corrected chi connectivity index (χ1v) is 14.0. The number of nitrogens with one attached hydrogen (secondary N) is 2. The zero-order valence-corrected chi connectivity index (χ0v) is 23.9. The number of anilines is 1. The van der Waals surface area contributed by atoms with E-state index in [1.54, 1.807) is 0 Å². The number of rotatable bonds is 14. The Hall–Kier alpha value is -3.25. The highest BCUT2D eigenvalue weighted by Gasteiger charge is 2.36. The molecule has 3 N–H and O–H groups in total. The third-order valence-corrected chi connectivity index (χ3v) is 6.76. The zero-order valence-electron chi connectivity index (χ0n) is 23.9. The van der Waals surface area contributed by atoms with Crippen LogP contribution in [0.2, 0.25) is 0 Å². The van der Waals surface area contributed by atoms with Gasteiger partial charge < -0.3 is 25.4 Å². The fourth-order valence-corrected chi connectivity index (χ4v) is 4.59. The summed E-state index contributed by atoms with van der Waals surface area (Å²) in [6, 6.07) is 3.76. The van der Waals surface area contributed by atoms with Gasteiger partial charge in [-0.05, 0) is 83.5 Å². The van der Waals surface area contributed by atoms with Crippen LogP contribution >= 0.6 is 0 Å². The van der Waals surface area contributed by atoms with Crippen molar-refractivity contribution in [3.05, 3.63) is 53.0 Å². The van der Waals surface area contributed by atoms with Crippen molar-refractivity contribution in [2.75, 3.05) is 38.1 Å². The standard InChI is InChI=1S/C29H40F3N5O4/c1-28(2,3)41-18-17-37(15-5-4-8-21-10-9-20-7-6-13-34-25(20)35-21)16-12-24(27(39)40)36-26(38)22-11-14-33-19-23(22)29(30,31)32/h9-11,14,19,24H,4-8,12-13,15-18H2,1-3H3,(H,34,35)(H,36,38)(H,39,40). The van der Waals surface area contributed by atoms with Crippen LogP contribution in [-0.2, 0) is 28.5 Å². The average Bonchev–Trinajstić information content (AvgIpc) is 2.91. The minimum absolute atomic E-state index is 0.0150. The van der Waals surface area contributed by atoms with Gasteiger partial charge in [-0.1, -0.05) is 6.07 Å². The van der Waals surface area contributed by atoms with Crippen molar-refractivity contribution in [2.45, 2.75) is 77.1 Å². The van der Waals surface area contributed by atoms with Gasteiger partial charge in [0.2, 0.25) is 0 Å². The molecule has 1 aliphatic heterocycles. The van der Waals surface area contributed by atoms with Crippen LogP contribution < -0.4 is 10.6 Å². The van der Waals surface area contributed by atoms with Crippen molar-refractivity contribution >= 4 is 17.7 Å². The molecule has 3 heterocycles. The van der Waals surface area contributed by atoms with Gasteiger partial charge in [0, 0.05) is 37.7 Å². The van der Waals surface area contributed by atoms with Gasteiger partial charge in [-0.15, -0.1) is 0 Å². The maximum atomic E-state index is 13.3. The summed E-state index contributed by atoms with van der Waals surface area (Å²) in [5.74, 6) is -1.47. The third-order valence-electron chi connectivity index (χ3n) is 6.76. The molecule has 1 unspecified atom stereocenters. The predicted octanol–water partition coefficient (Wildman–Crippen LogP) is 4.57. The number of amides is 1. The number of unbranched alkanes of at least 4 members (excludes halogenated alkanes) is 1. The monoisotopic (exact) mass is 579 g/mol. The summed E-state index contributed by atoms with van der Waals surface area (Å²) in [5, 5.41) is 15.3. The van der Waals surface area contributed by atoms with E-state index in [1.807, 2.05) is 20.8 Å². The molecule has 0 bridgehead atoms. The fraction of sp³-hybridized carbons (Fsp3) is 0.586. The van der Waals surface area contributed by atoms with Gasteiger partial charge in [-0.25, -0.2) is 9.78 Å². The number of carbonyl (C=O) groups excluding carboxylic acids is 1. The SMILES string of the molecule is CC(C)(C)OCCN(CCCCc1ccc2c(n1)NCCC2)CCC(NC(=O)c1ccncc1C(F)(F)F)C(=O)O. The van der Waals surface area contributed by atoms with Crippen LogP contribution in [0.15, 0.2) is 30.6 Å². The maximum Gasteiger partial charge on any atom is 0.418 e. The summed E-state index contributed by atoms with van der Waals surface area (Å²) in [5.41, 5.74) is 0.0373. The van der Waals surface area contributed by atoms with E-state index in [4.69, 9.17) is 9.72 Å². The van der Waals surface area contributed by atoms with Crippen molar-refractivity contribution in [3.8, 4) is 0 Å². The van der Waals surface area contributed by atoms with Crippen LogP contribution in [0.1, 0.15) is 73.6 Å². The molecule has 0 spiro atoms. The van der Waals surface area contributed by atoms with Gasteiger partial charge in [-0.3, -0.25) is 9.78 Å². The number of carboxylic acid groups (broad SMARTS) is 1. The molecule has 1 aliphatic rings. The highest BCUT2D eigenvalue weighted by Crippen LogP contribution is 2.31. The molecule has 1 atom stereocenters. The number of ether oxygens (including phenoxy) is 1. The molecule has 0 saturated heterocycles. The lowest BCUT2D eigenvalue weighted by atomic mass is 10.1. The van der Waals surface area contributed by atoms with Crippen LogP contribution in [0.4, 0.5) is 19.0 Å².